The van der Waals surface area contributed by atoms with Crippen LogP contribution in [0.1, 0.15) is 17.4 Å². The maximum absolute atomic E-state index is 5.35. The third kappa shape index (κ3) is 1.56. The number of rotatable bonds is 3. The number of hydrogen-bond acceptors (Lipinski definition) is 3. The van der Waals surface area contributed by atoms with Crippen LogP contribution in [0.25, 0.3) is 0 Å². The van der Waals surface area contributed by atoms with Crippen LogP contribution in [0.5, 0.6) is 0 Å². The Balaban J connectivity index is 2.31. The lowest BCUT2D eigenvalue weighted by atomic mass is 10.1. The zero-order valence-electron chi connectivity index (χ0n) is 8.27. The lowest BCUT2D eigenvalue weighted by molar-refractivity contribution is 0.463. The molecule has 1 unspecified atom stereocenters. The average molecular weight is 191 g/mol. The van der Waals surface area contributed by atoms with Crippen LogP contribution >= 0.6 is 0 Å². The van der Waals surface area contributed by atoms with Gasteiger partial charge in [-0.25, -0.2) is 0 Å². The van der Waals surface area contributed by atoms with Gasteiger partial charge in [0.15, 0.2) is 0 Å². The van der Waals surface area contributed by atoms with E-state index in [0.29, 0.717) is 0 Å². The van der Waals surface area contributed by atoms with E-state index in [1.54, 1.807) is 10.9 Å². The van der Waals surface area contributed by atoms with Crippen molar-refractivity contribution in [2.45, 2.75) is 6.04 Å². The zero-order chi connectivity index (χ0) is 9.97. The van der Waals surface area contributed by atoms with Crippen molar-refractivity contribution in [3.63, 3.8) is 0 Å². The Hall–Kier alpha value is -1.55. The molecule has 0 fully saturated rings. The highest BCUT2D eigenvalue weighted by Gasteiger charge is 2.15. The summed E-state index contributed by atoms with van der Waals surface area (Å²) in [6, 6.07) is 3.92. The van der Waals surface area contributed by atoms with Crippen LogP contribution < -0.4 is 5.32 Å². The second-order valence-corrected chi connectivity index (χ2v) is 3.18. The molecule has 1 atom stereocenters. The zero-order valence-corrected chi connectivity index (χ0v) is 8.27. The Labute approximate surface area is 82.5 Å². The Kier molecular flexibility index (Phi) is 2.37. The minimum Gasteiger partial charge on any atom is -0.467 e. The maximum Gasteiger partial charge on any atom is 0.125 e. The Morgan fingerprint density at radius 3 is 2.93 bits per heavy atom. The molecule has 0 aromatic carbocycles. The highest BCUT2D eigenvalue weighted by molar-refractivity contribution is 5.21. The van der Waals surface area contributed by atoms with E-state index in [4.69, 9.17) is 4.42 Å². The van der Waals surface area contributed by atoms with Crippen molar-refractivity contribution in [2.75, 3.05) is 7.05 Å². The summed E-state index contributed by atoms with van der Waals surface area (Å²) >= 11 is 0. The van der Waals surface area contributed by atoms with Crippen LogP contribution in [0.2, 0.25) is 0 Å². The van der Waals surface area contributed by atoms with E-state index in [1.165, 1.54) is 0 Å². The molecule has 0 aliphatic carbocycles. The van der Waals surface area contributed by atoms with E-state index in [0.717, 1.165) is 11.3 Å². The monoisotopic (exact) mass is 191 g/mol. The highest BCUT2D eigenvalue weighted by atomic mass is 16.3. The molecule has 2 aromatic rings. The molecule has 0 radical (unpaired) electrons. The first kappa shape index (κ1) is 9.02. The van der Waals surface area contributed by atoms with Gasteiger partial charge in [0.05, 0.1) is 18.5 Å². The molecule has 2 aromatic heterocycles. The third-order valence-electron chi connectivity index (χ3n) is 2.17. The van der Waals surface area contributed by atoms with Gasteiger partial charge in [0, 0.05) is 18.8 Å². The summed E-state index contributed by atoms with van der Waals surface area (Å²) in [4.78, 5) is 0. The number of aryl methyl sites for hydroxylation is 1. The quantitative estimate of drug-likeness (QED) is 0.795. The summed E-state index contributed by atoms with van der Waals surface area (Å²) in [5, 5.41) is 7.32. The second kappa shape index (κ2) is 3.67. The van der Waals surface area contributed by atoms with Crippen molar-refractivity contribution in [1.29, 1.82) is 0 Å². The van der Waals surface area contributed by atoms with Gasteiger partial charge in [-0.3, -0.25) is 4.68 Å². The van der Waals surface area contributed by atoms with Crippen molar-refractivity contribution in [2.24, 2.45) is 7.05 Å². The summed E-state index contributed by atoms with van der Waals surface area (Å²) in [6.45, 7) is 0. The fraction of sp³-hybridized carbons (Fsp3) is 0.300. The third-order valence-corrected chi connectivity index (χ3v) is 2.17. The normalized spacial score (nSPS) is 13.0. The van der Waals surface area contributed by atoms with Crippen molar-refractivity contribution >= 4 is 0 Å². The van der Waals surface area contributed by atoms with E-state index in [-0.39, 0.29) is 6.04 Å². The summed E-state index contributed by atoms with van der Waals surface area (Å²) in [5.41, 5.74) is 1.10. The first-order chi connectivity index (χ1) is 6.81. The summed E-state index contributed by atoms with van der Waals surface area (Å²) in [5.74, 6) is 0.903. The van der Waals surface area contributed by atoms with Crippen molar-refractivity contribution in [1.82, 2.24) is 15.1 Å². The summed E-state index contributed by atoms with van der Waals surface area (Å²) in [7, 11) is 3.80. The minimum atomic E-state index is 0.0821. The van der Waals surface area contributed by atoms with E-state index < -0.39 is 0 Å². The summed E-state index contributed by atoms with van der Waals surface area (Å²) < 4.78 is 7.13. The van der Waals surface area contributed by atoms with Crippen LogP contribution in [-0.2, 0) is 7.05 Å². The van der Waals surface area contributed by atoms with Gasteiger partial charge in [-0.15, -0.1) is 0 Å². The predicted octanol–water partition coefficient (Wildman–Crippen LogP) is 1.32. The van der Waals surface area contributed by atoms with Gasteiger partial charge in [-0.2, -0.15) is 5.10 Å². The lowest BCUT2D eigenvalue weighted by Gasteiger charge is -2.10. The molecule has 0 saturated carbocycles. The number of nitrogens with zero attached hydrogens (tertiary/aromatic N) is 2. The minimum absolute atomic E-state index is 0.0821. The molecule has 0 saturated heterocycles. The van der Waals surface area contributed by atoms with E-state index in [9.17, 15) is 0 Å². The van der Waals surface area contributed by atoms with Crippen LogP contribution in [0.15, 0.2) is 35.2 Å². The van der Waals surface area contributed by atoms with Crippen LogP contribution in [0.3, 0.4) is 0 Å². The Morgan fingerprint density at radius 2 is 2.43 bits per heavy atom. The first-order valence-corrected chi connectivity index (χ1v) is 4.50. The molecule has 0 bridgehead atoms. The van der Waals surface area contributed by atoms with Crippen LogP contribution in [0.4, 0.5) is 0 Å². The largest absolute Gasteiger partial charge is 0.467 e. The van der Waals surface area contributed by atoms with Crippen LogP contribution in [0, 0.1) is 0 Å². The fourth-order valence-corrected chi connectivity index (χ4v) is 1.52. The van der Waals surface area contributed by atoms with E-state index >= 15 is 0 Å². The lowest BCUT2D eigenvalue weighted by Crippen LogP contribution is -2.16. The van der Waals surface area contributed by atoms with Gasteiger partial charge in [-0.1, -0.05) is 0 Å². The number of hydrogen-bond donors (Lipinski definition) is 1. The van der Waals surface area contributed by atoms with Crippen molar-refractivity contribution in [3.05, 3.63) is 42.1 Å². The molecule has 0 aliphatic heterocycles. The number of aromatic nitrogens is 2. The van der Waals surface area contributed by atoms with Gasteiger partial charge < -0.3 is 9.73 Å². The Bertz CT molecular complexity index is 391. The highest BCUT2D eigenvalue weighted by Crippen LogP contribution is 2.20. The van der Waals surface area contributed by atoms with Gasteiger partial charge in [0.1, 0.15) is 5.76 Å². The average Bonchev–Trinajstić information content (AvgIpc) is 2.79. The van der Waals surface area contributed by atoms with E-state index in [1.807, 2.05) is 38.6 Å². The van der Waals surface area contributed by atoms with Crippen molar-refractivity contribution in [3.8, 4) is 0 Å². The molecule has 2 heterocycles. The molecule has 1 N–H and O–H groups in total. The maximum atomic E-state index is 5.35. The van der Waals surface area contributed by atoms with Gasteiger partial charge >= 0.3 is 0 Å². The molecular weight excluding hydrogens is 178 g/mol. The van der Waals surface area contributed by atoms with Crippen LogP contribution in [-0.4, -0.2) is 16.8 Å². The molecule has 74 valence electrons. The number of nitrogens with one attached hydrogen (secondary N) is 1. The Morgan fingerprint density at radius 1 is 1.57 bits per heavy atom. The molecule has 2 rings (SSSR count). The molecule has 14 heavy (non-hydrogen) atoms. The standard InChI is InChI=1S/C10H13N3O/c1-11-10(9-4-3-5-14-9)8-6-12-13(2)7-8/h3-7,10-11H,1-2H3. The summed E-state index contributed by atoms with van der Waals surface area (Å²) in [6.07, 6.45) is 5.49. The van der Waals surface area contributed by atoms with Gasteiger partial charge in [0.2, 0.25) is 0 Å². The first-order valence-electron chi connectivity index (χ1n) is 4.50. The topological polar surface area (TPSA) is 43.0 Å². The molecule has 4 nitrogen and oxygen atoms in total. The van der Waals surface area contributed by atoms with E-state index in [2.05, 4.69) is 10.4 Å². The predicted molar refractivity (Wildman–Crippen MR) is 52.8 cm³/mol. The van der Waals surface area contributed by atoms with Gasteiger partial charge in [-0.05, 0) is 19.2 Å². The van der Waals surface area contributed by atoms with Crippen molar-refractivity contribution < 1.29 is 4.42 Å². The molecule has 4 heteroatoms. The molecular formula is C10H13N3O. The molecule has 0 aliphatic rings. The number of furan rings is 1. The van der Waals surface area contributed by atoms with Gasteiger partial charge in [0.25, 0.3) is 0 Å². The SMILES string of the molecule is CNC(c1cnn(C)c1)c1ccco1. The fourth-order valence-electron chi connectivity index (χ4n) is 1.52. The second-order valence-electron chi connectivity index (χ2n) is 3.18. The molecule has 0 spiro atoms. The smallest absolute Gasteiger partial charge is 0.125 e. The molecule has 0 amide bonds.